The molecule has 1 amide bonds. The molecule has 2 aromatic rings. The van der Waals surface area contributed by atoms with Crippen molar-refractivity contribution < 1.29 is 14.3 Å². The molecule has 96 valence electrons. The van der Waals surface area contributed by atoms with Crippen molar-refractivity contribution in [2.45, 2.75) is 25.5 Å². The molecule has 0 aliphatic carbocycles. The van der Waals surface area contributed by atoms with Crippen molar-refractivity contribution in [3.8, 4) is 0 Å². The van der Waals surface area contributed by atoms with Crippen LogP contribution < -0.4 is 5.32 Å². The standard InChI is InChI=1S/C13H16N2O3/c1-9(8-11(16)12-5-3-7-18-12)15-13(17)10-4-2-6-14-10/h2-7,9,11,14,16H,8H2,1H3,(H,15,17). The van der Waals surface area contributed by atoms with Crippen molar-refractivity contribution in [2.24, 2.45) is 0 Å². The van der Waals surface area contributed by atoms with Gasteiger partial charge in [-0.2, -0.15) is 0 Å². The van der Waals surface area contributed by atoms with Crippen LogP contribution in [0.25, 0.3) is 0 Å². The number of aromatic nitrogens is 1. The number of hydrogen-bond donors (Lipinski definition) is 3. The molecule has 0 aliphatic rings. The van der Waals surface area contributed by atoms with E-state index in [1.165, 1.54) is 6.26 Å². The van der Waals surface area contributed by atoms with E-state index in [0.29, 0.717) is 17.9 Å². The summed E-state index contributed by atoms with van der Waals surface area (Å²) in [6.07, 6.45) is 2.90. The van der Waals surface area contributed by atoms with E-state index in [1.807, 2.05) is 6.92 Å². The molecule has 0 saturated carbocycles. The second-order valence-electron chi connectivity index (χ2n) is 4.23. The number of carbonyl (C=O) groups excluding carboxylic acids is 1. The first-order valence-electron chi connectivity index (χ1n) is 5.82. The molecule has 18 heavy (non-hydrogen) atoms. The van der Waals surface area contributed by atoms with Gasteiger partial charge in [-0.25, -0.2) is 0 Å². The number of aliphatic hydroxyl groups excluding tert-OH is 1. The van der Waals surface area contributed by atoms with Crippen LogP contribution in [0.5, 0.6) is 0 Å². The summed E-state index contributed by atoms with van der Waals surface area (Å²) in [6.45, 7) is 1.84. The highest BCUT2D eigenvalue weighted by molar-refractivity contribution is 5.92. The summed E-state index contributed by atoms with van der Waals surface area (Å²) >= 11 is 0. The van der Waals surface area contributed by atoms with Gasteiger partial charge >= 0.3 is 0 Å². The van der Waals surface area contributed by atoms with Gasteiger partial charge in [-0.3, -0.25) is 4.79 Å². The molecule has 0 radical (unpaired) electrons. The Kier molecular flexibility index (Phi) is 3.84. The van der Waals surface area contributed by atoms with Crippen molar-refractivity contribution in [2.75, 3.05) is 0 Å². The number of aliphatic hydroxyl groups is 1. The summed E-state index contributed by atoms with van der Waals surface area (Å²) in [4.78, 5) is 14.6. The predicted octanol–water partition coefficient (Wildman–Crippen LogP) is 1.85. The van der Waals surface area contributed by atoms with E-state index in [9.17, 15) is 9.90 Å². The van der Waals surface area contributed by atoms with Crippen LogP contribution in [-0.2, 0) is 0 Å². The Labute approximate surface area is 105 Å². The minimum absolute atomic E-state index is 0.152. The molecule has 2 rings (SSSR count). The number of hydrogen-bond acceptors (Lipinski definition) is 3. The lowest BCUT2D eigenvalue weighted by molar-refractivity contribution is 0.0899. The van der Waals surface area contributed by atoms with Crippen molar-refractivity contribution in [1.29, 1.82) is 0 Å². The lowest BCUT2D eigenvalue weighted by Gasteiger charge is -2.16. The molecule has 2 atom stereocenters. The lowest BCUT2D eigenvalue weighted by Crippen LogP contribution is -2.33. The smallest absolute Gasteiger partial charge is 0.267 e. The number of aromatic amines is 1. The van der Waals surface area contributed by atoms with Crippen molar-refractivity contribution in [3.63, 3.8) is 0 Å². The number of carbonyl (C=O) groups is 1. The summed E-state index contributed by atoms with van der Waals surface area (Å²) in [5.41, 5.74) is 0.509. The topological polar surface area (TPSA) is 78.3 Å². The number of H-pyrrole nitrogens is 1. The first-order chi connectivity index (χ1) is 8.66. The maximum atomic E-state index is 11.7. The van der Waals surface area contributed by atoms with Gasteiger partial charge in [0, 0.05) is 18.7 Å². The summed E-state index contributed by atoms with van der Waals surface area (Å²) in [6, 6.07) is 6.74. The van der Waals surface area contributed by atoms with Crippen LogP contribution in [-0.4, -0.2) is 22.0 Å². The third kappa shape index (κ3) is 3.01. The molecule has 2 unspecified atom stereocenters. The minimum Gasteiger partial charge on any atom is -0.467 e. The second-order valence-corrected chi connectivity index (χ2v) is 4.23. The van der Waals surface area contributed by atoms with Crippen molar-refractivity contribution in [1.82, 2.24) is 10.3 Å². The van der Waals surface area contributed by atoms with Crippen LogP contribution in [0.3, 0.4) is 0 Å². The Bertz CT molecular complexity index is 476. The van der Waals surface area contributed by atoms with Gasteiger partial charge in [-0.15, -0.1) is 0 Å². The largest absolute Gasteiger partial charge is 0.467 e. The van der Waals surface area contributed by atoms with Crippen LogP contribution in [0.2, 0.25) is 0 Å². The Morgan fingerprint density at radius 2 is 2.33 bits per heavy atom. The van der Waals surface area contributed by atoms with Gasteiger partial charge in [0.15, 0.2) is 0 Å². The zero-order valence-corrected chi connectivity index (χ0v) is 10.1. The van der Waals surface area contributed by atoms with Gasteiger partial charge in [0.25, 0.3) is 5.91 Å². The van der Waals surface area contributed by atoms with Crippen molar-refractivity contribution >= 4 is 5.91 Å². The molecular formula is C13H16N2O3. The van der Waals surface area contributed by atoms with Crippen LogP contribution in [0, 0.1) is 0 Å². The summed E-state index contributed by atoms with van der Waals surface area (Å²) < 4.78 is 5.10. The van der Waals surface area contributed by atoms with E-state index < -0.39 is 6.10 Å². The van der Waals surface area contributed by atoms with Gasteiger partial charge in [0.05, 0.1) is 6.26 Å². The normalized spacial score (nSPS) is 14.1. The molecule has 0 aliphatic heterocycles. The van der Waals surface area contributed by atoms with E-state index in [1.54, 1.807) is 30.5 Å². The molecule has 0 aromatic carbocycles. The van der Waals surface area contributed by atoms with Crippen LogP contribution in [0.1, 0.15) is 35.7 Å². The zero-order valence-electron chi connectivity index (χ0n) is 10.1. The van der Waals surface area contributed by atoms with Crippen LogP contribution >= 0.6 is 0 Å². The molecule has 0 saturated heterocycles. The van der Waals surface area contributed by atoms with E-state index >= 15 is 0 Å². The predicted molar refractivity (Wildman–Crippen MR) is 66.0 cm³/mol. The first kappa shape index (κ1) is 12.4. The van der Waals surface area contributed by atoms with E-state index in [-0.39, 0.29) is 11.9 Å². The molecule has 0 fully saturated rings. The summed E-state index contributed by atoms with van der Waals surface area (Å²) in [5.74, 6) is 0.329. The molecule has 5 nitrogen and oxygen atoms in total. The van der Waals surface area contributed by atoms with E-state index in [4.69, 9.17) is 4.42 Å². The Morgan fingerprint density at radius 1 is 1.50 bits per heavy atom. The molecule has 5 heteroatoms. The highest BCUT2D eigenvalue weighted by Crippen LogP contribution is 2.18. The Hall–Kier alpha value is -2.01. The summed E-state index contributed by atoms with van der Waals surface area (Å²) in [7, 11) is 0. The third-order valence-electron chi connectivity index (χ3n) is 2.67. The highest BCUT2D eigenvalue weighted by atomic mass is 16.4. The molecule has 2 aromatic heterocycles. The highest BCUT2D eigenvalue weighted by Gasteiger charge is 2.17. The fraction of sp³-hybridized carbons (Fsp3) is 0.308. The van der Waals surface area contributed by atoms with Gasteiger partial charge in [-0.1, -0.05) is 0 Å². The average Bonchev–Trinajstić information content (AvgIpc) is 3.02. The molecule has 3 N–H and O–H groups in total. The van der Waals surface area contributed by atoms with Crippen LogP contribution in [0.15, 0.2) is 41.1 Å². The monoisotopic (exact) mass is 248 g/mol. The zero-order chi connectivity index (χ0) is 13.0. The lowest BCUT2D eigenvalue weighted by atomic mass is 10.1. The van der Waals surface area contributed by atoms with Gasteiger partial charge in [0.2, 0.25) is 0 Å². The van der Waals surface area contributed by atoms with Crippen molar-refractivity contribution in [3.05, 3.63) is 48.2 Å². The SMILES string of the molecule is CC(CC(O)c1ccco1)NC(=O)c1ccc[nH]1. The van der Waals surface area contributed by atoms with E-state index in [0.717, 1.165) is 0 Å². The van der Waals surface area contributed by atoms with Crippen LogP contribution in [0.4, 0.5) is 0 Å². The third-order valence-corrected chi connectivity index (χ3v) is 2.67. The Morgan fingerprint density at radius 3 is 2.94 bits per heavy atom. The number of furan rings is 1. The maximum Gasteiger partial charge on any atom is 0.267 e. The van der Waals surface area contributed by atoms with E-state index in [2.05, 4.69) is 10.3 Å². The average molecular weight is 248 g/mol. The second kappa shape index (κ2) is 5.55. The fourth-order valence-electron chi connectivity index (χ4n) is 1.76. The van der Waals surface area contributed by atoms with Gasteiger partial charge in [0.1, 0.15) is 17.6 Å². The van der Waals surface area contributed by atoms with Gasteiger partial charge < -0.3 is 19.8 Å². The molecule has 0 spiro atoms. The maximum absolute atomic E-state index is 11.7. The molecular weight excluding hydrogens is 232 g/mol. The number of rotatable bonds is 5. The Balaban J connectivity index is 1.85. The first-order valence-corrected chi connectivity index (χ1v) is 5.82. The van der Waals surface area contributed by atoms with Gasteiger partial charge in [-0.05, 0) is 31.2 Å². The fourth-order valence-corrected chi connectivity index (χ4v) is 1.76. The molecule has 2 heterocycles. The number of amides is 1. The molecule has 0 bridgehead atoms. The number of nitrogens with one attached hydrogen (secondary N) is 2. The minimum atomic E-state index is -0.709. The summed E-state index contributed by atoms with van der Waals surface area (Å²) in [5, 5.41) is 12.7. The quantitative estimate of drug-likeness (QED) is 0.755.